The van der Waals surface area contributed by atoms with Gasteiger partial charge in [0.25, 0.3) is 5.91 Å². The highest BCUT2D eigenvalue weighted by Gasteiger charge is 2.32. The first kappa shape index (κ1) is 16.8. The molecule has 1 atom stereocenters. The molecule has 1 unspecified atom stereocenters. The predicted molar refractivity (Wildman–Crippen MR) is 89.4 cm³/mol. The highest BCUT2D eigenvalue weighted by molar-refractivity contribution is 7.10. The van der Waals surface area contributed by atoms with Crippen LogP contribution in [0.15, 0.2) is 4.42 Å². The van der Waals surface area contributed by atoms with E-state index in [0.717, 1.165) is 10.7 Å². The quantitative estimate of drug-likeness (QED) is 0.902. The Bertz CT molecular complexity index is 727. The zero-order chi connectivity index (χ0) is 17.3. The van der Waals surface area contributed by atoms with Crippen molar-refractivity contribution in [2.75, 3.05) is 32.1 Å². The lowest BCUT2D eigenvalue weighted by atomic mass is 10.2. The molecule has 3 rings (SSSR count). The third-order valence-electron chi connectivity index (χ3n) is 3.88. The van der Waals surface area contributed by atoms with Gasteiger partial charge in [-0.1, -0.05) is 13.8 Å². The summed E-state index contributed by atoms with van der Waals surface area (Å²) in [5.41, 5.74) is 1.36. The fourth-order valence-corrected chi connectivity index (χ4v) is 3.28. The number of nitrogens with zero attached hydrogens (tertiary/aromatic N) is 4. The number of ether oxygens (including phenoxy) is 1. The van der Waals surface area contributed by atoms with Gasteiger partial charge < -0.3 is 19.4 Å². The molecule has 0 spiro atoms. The molecule has 1 amide bonds. The Balaban J connectivity index is 1.77. The van der Waals surface area contributed by atoms with Crippen molar-refractivity contribution in [1.82, 2.24) is 19.5 Å². The molecule has 8 nitrogen and oxygen atoms in total. The summed E-state index contributed by atoms with van der Waals surface area (Å²) in [7, 11) is 1.79. The molecule has 1 aliphatic rings. The molecule has 0 saturated carbocycles. The fourth-order valence-electron chi connectivity index (χ4n) is 2.54. The van der Waals surface area contributed by atoms with Gasteiger partial charge in [0.1, 0.15) is 5.00 Å². The van der Waals surface area contributed by atoms with Crippen LogP contribution in [-0.2, 0) is 4.74 Å². The summed E-state index contributed by atoms with van der Waals surface area (Å²) in [6, 6.07) is 0. The zero-order valence-corrected chi connectivity index (χ0v) is 15.0. The Labute approximate surface area is 144 Å². The Morgan fingerprint density at radius 1 is 1.42 bits per heavy atom. The van der Waals surface area contributed by atoms with Crippen molar-refractivity contribution < 1.29 is 13.9 Å². The first-order valence-electron chi connectivity index (χ1n) is 7.89. The van der Waals surface area contributed by atoms with E-state index in [-0.39, 0.29) is 11.8 Å². The minimum atomic E-state index is -0.396. The lowest BCUT2D eigenvalue weighted by Crippen LogP contribution is -2.42. The van der Waals surface area contributed by atoms with Gasteiger partial charge in [-0.15, -0.1) is 10.2 Å². The van der Waals surface area contributed by atoms with Crippen LogP contribution in [0.1, 0.15) is 53.7 Å². The second-order valence-corrected chi connectivity index (χ2v) is 6.74. The third kappa shape index (κ3) is 3.13. The molecule has 2 aromatic heterocycles. The van der Waals surface area contributed by atoms with Crippen LogP contribution in [0.3, 0.4) is 0 Å². The standard InChI is InChI=1S/C15H21N5O3S/c1-8(2)12-17-18-13(23-12)10-7-20(5-6-22-10)15(21)11-9(3)19-24-14(11)16-4/h8,10,16H,5-7H2,1-4H3. The molecule has 1 aliphatic heterocycles. The SMILES string of the molecule is CNc1snc(C)c1C(=O)N1CCOC(c2nnc(C(C)C)o2)C1. The number of aromatic nitrogens is 3. The maximum Gasteiger partial charge on any atom is 0.258 e. The summed E-state index contributed by atoms with van der Waals surface area (Å²) in [6.45, 7) is 7.16. The van der Waals surface area contributed by atoms with Crippen LogP contribution in [0.25, 0.3) is 0 Å². The van der Waals surface area contributed by atoms with Crippen molar-refractivity contribution in [3.05, 3.63) is 23.0 Å². The summed E-state index contributed by atoms with van der Waals surface area (Å²) in [5.74, 6) is 1.10. The van der Waals surface area contributed by atoms with Crippen molar-refractivity contribution in [2.45, 2.75) is 32.8 Å². The van der Waals surface area contributed by atoms with Crippen LogP contribution >= 0.6 is 11.5 Å². The van der Waals surface area contributed by atoms with Crippen LogP contribution in [0.2, 0.25) is 0 Å². The van der Waals surface area contributed by atoms with Crippen molar-refractivity contribution in [3.8, 4) is 0 Å². The maximum atomic E-state index is 12.9. The van der Waals surface area contributed by atoms with E-state index in [4.69, 9.17) is 9.15 Å². The van der Waals surface area contributed by atoms with Gasteiger partial charge in [-0.2, -0.15) is 4.37 Å². The average molecular weight is 351 g/mol. The number of anilines is 1. The van der Waals surface area contributed by atoms with Gasteiger partial charge >= 0.3 is 0 Å². The summed E-state index contributed by atoms with van der Waals surface area (Å²) in [4.78, 5) is 14.6. The molecule has 0 bridgehead atoms. The van der Waals surface area contributed by atoms with E-state index in [9.17, 15) is 4.79 Å². The lowest BCUT2D eigenvalue weighted by Gasteiger charge is -2.31. The lowest BCUT2D eigenvalue weighted by molar-refractivity contribution is -0.0351. The van der Waals surface area contributed by atoms with E-state index in [0.29, 0.717) is 37.0 Å². The van der Waals surface area contributed by atoms with Crippen molar-refractivity contribution in [1.29, 1.82) is 0 Å². The number of amides is 1. The molecule has 3 heterocycles. The molecule has 1 fully saturated rings. The molecule has 0 aliphatic carbocycles. The first-order valence-corrected chi connectivity index (χ1v) is 8.66. The van der Waals surface area contributed by atoms with Crippen LogP contribution in [0.5, 0.6) is 0 Å². The molecule has 0 aromatic carbocycles. The summed E-state index contributed by atoms with van der Waals surface area (Å²) in [5, 5.41) is 11.9. The minimum absolute atomic E-state index is 0.0532. The smallest absolute Gasteiger partial charge is 0.258 e. The van der Waals surface area contributed by atoms with Gasteiger partial charge in [-0.3, -0.25) is 4.79 Å². The van der Waals surface area contributed by atoms with E-state index in [1.165, 1.54) is 11.5 Å². The molecule has 1 saturated heterocycles. The zero-order valence-electron chi connectivity index (χ0n) is 14.2. The number of hydrogen-bond acceptors (Lipinski definition) is 8. The van der Waals surface area contributed by atoms with Gasteiger partial charge in [-0.05, 0) is 18.5 Å². The van der Waals surface area contributed by atoms with Crippen LogP contribution in [0, 0.1) is 6.92 Å². The molecule has 130 valence electrons. The molecular formula is C15H21N5O3S. The number of rotatable bonds is 4. The summed E-state index contributed by atoms with van der Waals surface area (Å²) >= 11 is 1.29. The van der Waals surface area contributed by atoms with E-state index >= 15 is 0 Å². The number of nitrogens with one attached hydrogen (secondary N) is 1. The molecule has 2 aromatic rings. The Kier molecular flexibility index (Phi) is 4.81. The van der Waals surface area contributed by atoms with E-state index < -0.39 is 6.10 Å². The molecule has 24 heavy (non-hydrogen) atoms. The van der Waals surface area contributed by atoms with E-state index in [1.807, 2.05) is 20.8 Å². The minimum Gasteiger partial charge on any atom is -0.422 e. The van der Waals surface area contributed by atoms with Gasteiger partial charge in [0.2, 0.25) is 11.8 Å². The Morgan fingerprint density at radius 3 is 2.88 bits per heavy atom. The normalized spacial score (nSPS) is 18.2. The third-order valence-corrected chi connectivity index (χ3v) is 4.84. The van der Waals surface area contributed by atoms with Crippen molar-refractivity contribution in [3.63, 3.8) is 0 Å². The Morgan fingerprint density at radius 2 is 2.21 bits per heavy atom. The Hall–Kier alpha value is -2.00. The van der Waals surface area contributed by atoms with Crippen LogP contribution < -0.4 is 5.32 Å². The summed E-state index contributed by atoms with van der Waals surface area (Å²) < 4.78 is 15.6. The number of morpholine rings is 1. The van der Waals surface area contributed by atoms with Gasteiger partial charge in [0.15, 0.2) is 6.10 Å². The van der Waals surface area contributed by atoms with Crippen molar-refractivity contribution >= 4 is 22.4 Å². The van der Waals surface area contributed by atoms with Crippen molar-refractivity contribution in [2.24, 2.45) is 0 Å². The van der Waals surface area contributed by atoms with E-state index in [2.05, 4.69) is 19.9 Å². The van der Waals surface area contributed by atoms with Gasteiger partial charge in [0, 0.05) is 19.5 Å². The van der Waals surface area contributed by atoms with Crippen LogP contribution in [-0.4, -0.2) is 52.1 Å². The number of aryl methyl sites for hydroxylation is 1. The fraction of sp³-hybridized carbons (Fsp3) is 0.600. The topological polar surface area (TPSA) is 93.4 Å². The second-order valence-electron chi connectivity index (χ2n) is 5.97. The molecule has 1 N–H and O–H groups in total. The number of carbonyl (C=O) groups is 1. The molecule has 9 heteroatoms. The van der Waals surface area contributed by atoms with Crippen LogP contribution in [0.4, 0.5) is 5.00 Å². The van der Waals surface area contributed by atoms with E-state index in [1.54, 1.807) is 11.9 Å². The number of carbonyl (C=O) groups excluding carboxylic acids is 1. The number of hydrogen-bond donors (Lipinski definition) is 1. The average Bonchev–Trinajstić information content (AvgIpc) is 3.21. The van der Waals surface area contributed by atoms with Gasteiger partial charge in [0.05, 0.1) is 24.4 Å². The summed E-state index contributed by atoms with van der Waals surface area (Å²) in [6.07, 6.45) is -0.396. The highest BCUT2D eigenvalue weighted by atomic mass is 32.1. The highest BCUT2D eigenvalue weighted by Crippen LogP contribution is 2.28. The van der Waals surface area contributed by atoms with Gasteiger partial charge in [-0.25, -0.2) is 0 Å². The second kappa shape index (κ2) is 6.86. The largest absolute Gasteiger partial charge is 0.422 e. The maximum absolute atomic E-state index is 12.9. The first-order chi connectivity index (χ1) is 11.5. The molecule has 0 radical (unpaired) electrons. The monoisotopic (exact) mass is 351 g/mol. The predicted octanol–water partition coefficient (Wildman–Crippen LogP) is 2.21. The molecular weight excluding hydrogens is 330 g/mol.